The maximum absolute atomic E-state index is 12.6. The topological polar surface area (TPSA) is 97.8 Å². The van der Waals surface area contributed by atoms with Crippen molar-refractivity contribution in [1.82, 2.24) is 9.88 Å². The molecule has 2 amide bonds. The zero-order chi connectivity index (χ0) is 21.0. The number of aryl methyl sites for hydroxylation is 1. The van der Waals surface area contributed by atoms with E-state index in [0.29, 0.717) is 29.5 Å². The number of amides is 2. The molecule has 29 heavy (non-hydrogen) atoms. The summed E-state index contributed by atoms with van der Waals surface area (Å²) in [6.07, 6.45) is 0.810. The van der Waals surface area contributed by atoms with Crippen molar-refractivity contribution in [1.29, 1.82) is 0 Å². The lowest BCUT2D eigenvalue weighted by Gasteiger charge is -2.17. The Hall–Kier alpha value is -2.94. The molecule has 0 bridgehead atoms. The summed E-state index contributed by atoms with van der Waals surface area (Å²) in [6, 6.07) is 7.68. The number of thiazole rings is 1. The van der Waals surface area contributed by atoms with E-state index in [1.54, 1.807) is 18.9 Å². The third kappa shape index (κ3) is 4.73. The molecule has 1 N–H and O–H groups in total. The number of hydrogen-bond acceptors (Lipinski definition) is 7. The van der Waals surface area contributed by atoms with Crippen LogP contribution in [0.25, 0.3) is 0 Å². The van der Waals surface area contributed by atoms with Crippen molar-refractivity contribution in [2.75, 3.05) is 32.6 Å². The Morgan fingerprint density at radius 3 is 2.79 bits per heavy atom. The van der Waals surface area contributed by atoms with Gasteiger partial charge in [-0.2, -0.15) is 0 Å². The standard InChI is InChI=1S/C20H23N3O5S/c1-12-17(19(26)28-3)21-20(29-12)22-18(25)14-10-16(24)23(11-14)9-8-13-6-4-5-7-15(13)27-2/h4-7,14H,8-11H2,1-3H3,(H,21,22,25)/t14-/m0/s1. The van der Waals surface area contributed by atoms with Crippen molar-refractivity contribution >= 4 is 34.3 Å². The SMILES string of the molecule is COC(=O)c1nc(NC(=O)[C@H]2CC(=O)N(CCc3ccccc3OC)C2)sc1C. The minimum Gasteiger partial charge on any atom is -0.496 e. The fourth-order valence-corrected chi connectivity index (χ4v) is 4.08. The van der Waals surface area contributed by atoms with Gasteiger partial charge in [-0.3, -0.25) is 9.59 Å². The zero-order valence-corrected chi connectivity index (χ0v) is 17.4. The Morgan fingerprint density at radius 2 is 2.07 bits per heavy atom. The Labute approximate surface area is 172 Å². The molecule has 0 radical (unpaired) electrons. The molecule has 1 atom stereocenters. The summed E-state index contributed by atoms with van der Waals surface area (Å²) >= 11 is 1.20. The number of nitrogens with one attached hydrogen (secondary N) is 1. The smallest absolute Gasteiger partial charge is 0.357 e. The molecule has 154 valence electrons. The molecule has 3 rings (SSSR count). The van der Waals surface area contributed by atoms with E-state index >= 15 is 0 Å². The molecule has 2 aromatic rings. The van der Waals surface area contributed by atoms with E-state index < -0.39 is 11.9 Å². The number of carbonyl (C=O) groups excluding carboxylic acids is 3. The average Bonchev–Trinajstić information content (AvgIpc) is 3.28. The number of hydrogen-bond donors (Lipinski definition) is 1. The van der Waals surface area contributed by atoms with Gasteiger partial charge in [0.1, 0.15) is 5.75 Å². The number of anilines is 1. The molecule has 1 aliphatic heterocycles. The highest BCUT2D eigenvalue weighted by Gasteiger charge is 2.34. The maximum atomic E-state index is 12.6. The first kappa shape index (κ1) is 20.8. The number of esters is 1. The number of likely N-dealkylation sites (tertiary alicyclic amines) is 1. The molecule has 8 nitrogen and oxygen atoms in total. The van der Waals surface area contributed by atoms with Gasteiger partial charge in [0.05, 0.1) is 20.1 Å². The van der Waals surface area contributed by atoms with E-state index in [-0.39, 0.29) is 23.9 Å². The lowest BCUT2D eigenvalue weighted by Crippen LogP contribution is -2.30. The van der Waals surface area contributed by atoms with Crippen LogP contribution in [-0.2, 0) is 20.7 Å². The fourth-order valence-electron chi connectivity index (χ4n) is 3.27. The number of nitrogens with zero attached hydrogens (tertiary/aromatic N) is 2. The fraction of sp³-hybridized carbons (Fsp3) is 0.400. The third-order valence-electron chi connectivity index (χ3n) is 4.83. The first-order chi connectivity index (χ1) is 13.9. The first-order valence-corrected chi connectivity index (χ1v) is 10.0. The van der Waals surface area contributed by atoms with Gasteiger partial charge in [-0.15, -0.1) is 11.3 Å². The van der Waals surface area contributed by atoms with Crippen LogP contribution in [-0.4, -0.2) is 55.0 Å². The summed E-state index contributed by atoms with van der Waals surface area (Å²) in [4.78, 5) is 43.1. The summed E-state index contributed by atoms with van der Waals surface area (Å²) in [5.41, 5.74) is 1.21. The van der Waals surface area contributed by atoms with Crippen LogP contribution in [0.1, 0.15) is 27.3 Å². The second-order valence-corrected chi connectivity index (χ2v) is 7.91. The van der Waals surface area contributed by atoms with Crippen LogP contribution in [0.3, 0.4) is 0 Å². The highest BCUT2D eigenvalue weighted by atomic mass is 32.1. The van der Waals surface area contributed by atoms with Crippen LogP contribution >= 0.6 is 11.3 Å². The number of para-hydroxylation sites is 1. The van der Waals surface area contributed by atoms with E-state index in [2.05, 4.69) is 15.0 Å². The van der Waals surface area contributed by atoms with E-state index in [4.69, 9.17) is 4.74 Å². The van der Waals surface area contributed by atoms with Crippen molar-refractivity contribution in [2.45, 2.75) is 19.8 Å². The van der Waals surface area contributed by atoms with Crippen LogP contribution in [0.15, 0.2) is 24.3 Å². The lowest BCUT2D eigenvalue weighted by molar-refractivity contribution is -0.128. The number of methoxy groups -OCH3 is 2. The normalized spacial score (nSPS) is 16.0. The Bertz CT molecular complexity index is 927. The molecule has 2 heterocycles. The maximum Gasteiger partial charge on any atom is 0.357 e. The number of carbonyl (C=O) groups is 3. The van der Waals surface area contributed by atoms with Crippen LogP contribution in [0, 0.1) is 12.8 Å². The molecule has 0 unspecified atom stereocenters. The summed E-state index contributed by atoms with van der Waals surface area (Å²) in [6.45, 7) is 2.61. The van der Waals surface area contributed by atoms with Gasteiger partial charge < -0.3 is 19.7 Å². The molecular weight excluding hydrogens is 394 g/mol. The summed E-state index contributed by atoms with van der Waals surface area (Å²) in [5.74, 6) is -0.535. The first-order valence-electron chi connectivity index (χ1n) is 9.19. The highest BCUT2D eigenvalue weighted by Crippen LogP contribution is 2.26. The minimum absolute atomic E-state index is 0.0504. The highest BCUT2D eigenvalue weighted by molar-refractivity contribution is 7.16. The predicted molar refractivity (Wildman–Crippen MR) is 108 cm³/mol. The molecule has 0 aliphatic carbocycles. The molecule has 1 aliphatic rings. The Morgan fingerprint density at radius 1 is 1.31 bits per heavy atom. The second-order valence-electron chi connectivity index (χ2n) is 6.71. The molecule has 1 aromatic heterocycles. The second kappa shape index (κ2) is 9.04. The lowest BCUT2D eigenvalue weighted by atomic mass is 10.1. The molecule has 0 spiro atoms. The van der Waals surface area contributed by atoms with Crippen LogP contribution in [0.2, 0.25) is 0 Å². The predicted octanol–water partition coefficient (Wildman–Crippen LogP) is 2.28. The van der Waals surface area contributed by atoms with E-state index in [1.165, 1.54) is 18.4 Å². The monoisotopic (exact) mass is 417 g/mol. The number of benzene rings is 1. The van der Waals surface area contributed by atoms with Gasteiger partial charge in [0, 0.05) is 24.4 Å². The van der Waals surface area contributed by atoms with Crippen LogP contribution < -0.4 is 10.1 Å². The van der Waals surface area contributed by atoms with Gasteiger partial charge in [-0.1, -0.05) is 18.2 Å². The van der Waals surface area contributed by atoms with E-state index in [0.717, 1.165) is 11.3 Å². The largest absolute Gasteiger partial charge is 0.496 e. The number of aromatic nitrogens is 1. The molecule has 9 heteroatoms. The number of rotatable bonds is 7. The van der Waals surface area contributed by atoms with Gasteiger partial charge in [0.2, 0.25) is 11.8 Å². The van der Waals surface area contributed by atoms with Gasteiger partial charge in [-0.25, -0.2) is 9.78 Å². The van der Waals surface area contributed by atoms with Gasteiger partial charge in [0.15, 0.2) is 10.8 Å². The van der Waals surface area contributed by atoms with Crippen molar-refractivity contribution < 1.29 is 23.9 Å². The average molecular weight is 417 g/mol. The quantitative estimate of drug-likeness (QED) is 0.694. The van der Waals surface area contributed by atoms with E-state index in [9.17, 15) is 14.4 Å². The van der Waals surface area contributed by atoms with Gasteiger partial charge in [0.25, 0.3) is 0 Å². The van der Waals surface area contributed by atoms with Crippen LogP contribution in [0.4, 0.5) is 5.13 Å². The zero-order valence-electron chi connectivity index (χ0n) is 16.6. The molecular formula is C20H23N3O5S. The van der Waals surface area contributed by atoms with Gasteiger partial charge >= 0.3 is 5.97 Å². The Kier molecular flexibility index (Phi) is 6.48. The number of ether oxygens (including phenoxy) is 2. The van der Waals surface area contributed by atoms with Gasteiger partial charge in [-0.05, 0) is 25.0 Å². The summed E-state index contributed by atoms with van der Waals surface area (Å²) in [7, 11) is 2.90. The van der Waals surface area contributed by atoms with Crippen LogP contribution in [0.5, 0.6) is 5.75 Å². The Balaban J connectivity index is 1.58. The third-order valence-corrected chi connectivity index (χ3v) is 5.72. The van der Waals surface area contributed by atoms with E-state index in [1.807, 2.05) is 24.3 Å². The molecule has 1 aromatic carbocycles. The summed E-state index contributed by atoms with van der Waals surface area (Å²) < 4.78 is 10.0. The summed E-state index contributed by atoms with van der Waals surface area (Å²) in [5, 5.41) is 3.05. The van der Waals surface area contributed by atoms with Crippen molar-refractivity contribution in [3.8, 4) is 5.75 Å². The molecule has 1 fully saturated rings. The molecule has 0 saturated carbocycles. The van der Waals surface area contributed by atoms with Crippen molar-refractivity contribution in [3.05, 3.63) is 40.4 Å². The van der Waals surface area contributed by atoms with Crippen molar-refractivity contribution in [3.63, 3.8) is 0 Å². The minimum atomic E-state index is -0.544. The van der Waals surface area contributed by atoms with Crippen molar-refractivity contribution in [2.24, 2.45) is 5.92 Å². The molecule has 1 saturated heterocycles.